The van der Waals surface area contributed by atoms with Gasteiger partial charge in [-0.2, -0.15) is 13.2 Å². The highest BCUT2D eigenvalue weighted by molar-refractivity contribution is 7.12. The molecule has 1 aliphatic rings. The van der Waals surface area contributed by atoms with Crippen LogP contribution in [-0.2, 0) is 0 Å². The van der Waals surface area contributed by atoms with E-state index in [0.29, 0.717) is 4.88 Å². The van der Waals surface area contributed by atoms with Gasteiger partial charge in [0.1, 0.15) is 0 Å². The number of amides is 1. The summed E-state index contributed by atoms with van der Waals surface area (Å²) in [5.74, 6) is -0.442. The molecule has 1 unspecified atom stereocenters. The predicted molar refractivity (Wildman–Crippen MR) is 60.6 cm³/mol. The van der Waals surface area contributed by atoms with E-state index in [4.69, 9.17) is 0 Å². The lowest BCUT2D eigenvalue weighted by Gasteiger charge is -2.25. The maximum Gasteiger partial charge on any atom is 0.419 e. The average molecular weight is 279 g/mol. The maximum absolute atomic E-state index is 12.6. The van der Waals surface area contributed by atoms with E-state index in [1.165, 1.54) is 11.3 Å². The van der Waals surface area contributed by atoms with Gasteiger partial charge < -0.3 is 10.0 Å². The Labute approximate surface area is 106 Å². The molecular weight excluding hydrogens is 267 g/mol. The summed E-state index contributed by atoms with van der Waals surface area (Å²) in [6, 6.07) is 1.74. The van der Waals surface area contributed by atoms with Crippen LogP contribution in [0.15, 0.2) is 11.4 Å². The SMILES string of the molecule is Cc1ccsc1C(=O)N1CCC(O)(C(F)(F)F)C1. The molecule has 1 fully saturated rings. The number of alkyl halides is 3. The minimum absolute atomic E-state index is 0.0772. The minimum Gasteiger partial charge on any atom is -0.379 e. The van der Waals surface area contributed by atoms with Crippen LogP contribution in [-0.4, -0.2) is 40.8 Å². The third-order valence-electron chi connectivity index (χ3n) is 3.12. The molecule has 1 atom stereocenters. The standard InChI is InChI=1S/C11H12F3NO2S/c1-7-2-5-18-8(7)9(16)15-4-3-10(17,6-15)11(12,13)14/h2,5,17H,3-4,6H2,1H3. The average Bonchev–Trinajstić information content (AvgIpc) is 2.83. The zero-order valence-corrected chi connectivity index (χ0v) is 10.4. The molecule has 1 aliphatic heterocycles. The first-order valence-electron chi connectivity index (χ1n) is 5.37. The molecule has 1 aromatic heterocycles. The van der Waals surface area contributed by atoms with Crippen LogP contribution in [0.3, 0.4) is 0 Å². The van der Waals surface area contributed by atoms with Crippen LogP contribution < -0.4 is 0 Å². The van der Waals surface area contributed by atoms with E-state index >= 15 is 0 Å². The number of hydrogen-bond acceptors (Lipinski definition) is 3. The number of hydrogen-bond donors (Lipinski definition) is 1. The van der Waals surface area contributed by atoms with Crippen molar-refractivity contribution in [2.45, 2.75) is 25.1 Å². The molecule has 18 heavy (non-hydrogen) atoms. The Morgan fingerprint density at radius 2 is 2.22 bits per heavy atom. The fraction of sp³-hybridized carbons (Fsp3) is 0.545. The molecular formula is C11H12F3NO2S. The molecule has 0 bridgehead atoms. The van der Waals surface area contributed by atoms with Gasteiger partial charge in [0.2, 0.25) is 0 Å². The lowest BCUT2D eigenvalue weighted by molar-refractivity contribution is -0.253. The van der Waals surface area contributed by atoms with Crippen LogP contribution in [0.2, 0.25) is 0 Å². The predicted octanol–water partition coefficient (Wildman–Crippen LogP) is 2.20. The third-order valence-corrected chi connectivity index (χ3v) is 4.12. The number of rotatable bonds is 1. The van der Waals surface area contributed by atoms with E-state index < -0.39 is 30.7 Å². The number of aryl methyl sites for hydroxylation is 1. The molecule has 2 rings (SSSR count). The zero-order chi connectivity index (χ0) is 13.6. The summed E-state index contributed by atoms with van der Waals surface area (Å²) in [5, 5.41) is 11.2. The first-order valence-corrected chi connectivity index (χ1v) is 6.25. The number of nitrogens with zero attached hydrogens (tertiary/aromatic N) is 1. The molecule has 1 N–H and O–H groups in total. The van der Waals surface area contributed by atoms with Crippen molar-refractivity contribution in [2.24, 2.45) is 0 Å². The molecule has 0 saturated carbocycles. The summed E-state index contributed by atoms with van der Waals surface area (Å²) < 4.78 is 37.9. The second-order valence-electron chi connectivity index (χ2n) is 4.44. The number of aliphatic hydroxyl groups is 1. The highest BCUT2D eigenvalue weighted by Crippen LogP contribution is 2.38. The molecule has 1 amide bonds. The van der Waals surface area contributed by atoms with Gasteiger partial charge in [0.25, 0.3) is 5.91 Å². The van der Waals surface area contributed by atoms with Crippen molar-refractivity contribution in [3.63, 3.8) is 0 Å². The summed E-state index contributed by atoms with van der Waals surface area (Å²) >= 11 is 1.20. The minimum atomic E-state index is -4.70. The van der Waals surface area contributed by atoms with Gasteiger partial charge in [-0.15, -0.1) is 11.3 Å². The van der Waals surface area contributed by atoms with Crippen molar-refractivity contribution in [2.75, 3.05) is 13.1 Å². The Morgan fingerprint density at radius 1 is 1.56 bits per heavy atom. The van der Waals surface area contributed by atoms with Crippen LogP contribution in [0.25, 0.3) is 0 Å². The normalized spacial score (nSPS) is 24.6. The highest BCUT2D eigenvalue weighted by atomic mass is 32.1. The molecule has 3 nitrogen and oxygen atoms in total. The maximum atomic E-state index is 12.6. The van der Waals surface area contributed by atoms with Gasteiger partial charge in [0.05, 0.1) is 11.4 Å². The first-order chi connectivity index (χ1) is 8.24. The smallest absolute Gasteiger partial charge is 0.379 e. The highest BCUT2D eigenvalue weighted by Gasteiger charge is 2.57. The van der Waals surface area contributed by atoms with E-state index in [1.54, 1.807) is 18.4 Å². The van der Waals surface area contributed by atoms with Crippen molar-refractivity contribution in [3.8, 4) is 0 Å². The van der Waals surface area contributed by atoms with E-state index in [1.807, 2.05) is 0 Å². The van der Waals surface area contributed by atoms with Crippen LogP contribution in [0.1, 0.15) is 21.7 Å². The van der Waals surface area contributed by atoms with Crippen molar-refractivity contribution < 1.29 is 23.1 Å². The van der Waals surface area contributed by atoms with Gasteiger partial charge in [0.15, 0.2) is 5.60 Å². The Hall–Kier alpha value is -1.08. The number of thiophene rings is 1. The summed E-state index contributed by atoms with van der Waals surface area (Å²) in [6.07, 6.45) is -5.17. The Kier molecular flexibility index (Phi) is 3.14. The summed E-state index contributed by atoms with van der Waals surface area (Å²) in [6.45, 7) is 0.967. The molecule has 1 aromatic rings. The second kappa shape index (κ2) is 4.24. The summed E-state index contributed by atoms with van der Waals surface area (Å²) in [5.41, 5.74) is -2.03. The van der Waals surface area contributed by atoms with Crippen LogP contribution in [0.4, 0.5) is 13.2 Å². The largest absolute Gasteiger partial charge is 0.419 e. The van der Waals surface area contributed by atoms with Crippen LogP contribution in [0.5, 0.6) is 0 Å². The van der Waals surface area contributed by atoms with Gasteiger partial charge >= 0.3 is 6.18 Å². The van der Waals surface area contributed by atoms with Gasteiger partial charge in [-0.25, -0.2) is 0 Å². The van der Waals surface area contributed by atoms with Crippen molar-refractivity contribution >= 4 is 17.2 Å². The third kappa shape index (κ3) is 2.12. The lowest BCUT2D eigenvalue weighted by Crippen LogP contribution is -2.48. The zero-order valence-electron chi connectivity index (χ0n) is 9.62. The van der Waals surface area contributed by atoms with E-state index in [-0.39, 0.29) is 6.54 Å². The Morgan fingerprint density at radius 3 is 2.67 bits per heavy atom. The second-order valence-corrected chi connectivity index (χ2v) is 5.35. The number of halogens is 3. The van der Waals surface area contributed by atoms with E-state index in [9.17, 15) is 23.1 Å². The molecule has 7 heteroatoms. The van der Waals surface area contributed by atoms with Gasteiger partial charge in [-0.1, -0.05) is 0 Å². The summed E-state index contributed by atoms with van der Waals surface area (Å²) in [4.78, 5) is 13.5. The fourth-order valence-corrected chi connectivity index (χ4v) is 2.83. The molecule has 100 valence electrons. The quantitative estimate of drug-likeness (QED) is 0.856. The van der Waals surface area contributed by atoms with Gasteiger partial charge in [-0.05, 0) is 23.9 Å². The molecule has 0 aliphatic carbocycles. The number of β-amino-alcohol motifs (C(OH)–C–C–N with tert-alkyl or cyclic N) is 1. The van der Waals surface area contributed by atoms with E-state index in [0.717, 1.165) is 10.5 Å². The number of likely N-dealkylation sites (tertiary alicyclic amines) is 1. The summed E-state index contributed by atoms with van der Waals surface area (Å²) in [7, 11) is 0. The van der Waals surface area contributed by atoms with Crippen LogP contribution in [0, 0.1) is 6.92 Å². The van der Waals surface area contributed by atoms with Crippen LogP contribution >= 0.6 is 11.3 Å². The van der Waals surface area contributed by atoms with E-state index in [2.05, 4.69) is 0 Å². The van der Waals surface area contributed by atoms with Crippen molar-refractivity contribution in [1.29, 1.82) is 0 Å². The Balaban J connectivity index is 2.15. The van der Waals surface area contributed by atoms with Gasteiger partial charge in [0, 0.05) is 13.0 Å². The monoisotopic (exact) mass is 279 g/mol. The fourth-order valence-electron chi connectivity index (χ4n) is 1.93. The molecule has 0 aromatic carbocycles. The molecule has 1 saturated heterocycles. The molecule has 0 radical (unpaired) electrons. The first kappa shape index (κ1) is 13.4. The topological polar surface area (TPSA) is 40.5 Å². The lowest BCUT2D eigenvalue weighted by atomic mass is 10.0. The number of carbonyl (C=O) groups is 1. The Bertz CT molecular complexity index is 471. The van der Waals surface area contributed by atoms with Crippen molar-refractivity contribution in [1.82, 2.24) is 4.90 Å². The van der Waals surface area contributed by atoms with Gasteiger partial charge in [-0.3, -0.25) is 4.79 Å². The van der Waals surface area contributed by atoms with Crippen molar-refractivity contribution in [3.05, 3.63) is 21.9 Å². The molecule has 0 spiro atoms. The molecule has 2 heterocycles. The number of carbonyl (C=O) groups excluding carboxylic acids is 1.